The summed E-state index contributed by atoms with van der Waals surface area (Å²) in [6.45, 7) is 8.38. The SMILES string of the molecule is CC[C@@H]1C[C@H](C)[C@@H](c2nc3ccc(-c4ccc5c(c4)C(F)(F)c4cc(/C(=C/N=C[C@@H]6CC7(CC7)CN6C(=O)[C@H](NC(=O)OC)C(C)C)NC)ccc4-5)cc3[nH]2)N1C(=O)[C@H](CCC#N)NC(=O)OC. The fraction of sp³-hybridized carbons (Fsp3) is 0.471. The zero-order valence-corrected chi connectivity index (χ0v) is 39.5. The van der Waals surface area contributed by atoms with Crippen LogP contribution in [0.4, 0.5) is 18.4 Å². The molecule has 4 aromatic rings. The van der Waals surface area contributed by atoms with Crippen LogP contribution in [0.25, 0.3) is 39.0 Å². The summed E-state index contributed by atoms with van der Waals surface area (Å²) in [6.07, 6.45) is 6.26. The number of aliphatic imine (C=N–C) groups is 1. The van der Waals surface area contributed by atoms with Crippen LogP contribution in [0.2, 0.25) is 0 Å². The Labute approximate surface area is 394 Å². The second kappa shape index (κ2) is 19.0. The van der Waals surface area contributed by atoms with Crippen LogP contribution >= 0.6 is 0 Å². The maximum Gasteiger partial charge on any atom is 0.407 e. The van der Waals surface area contributed by atoms with Gasteiger partial charge in [-0.15, -0.1) is 0 Å². The van der Waals surface area contributed by atoms with E-state index in [0.717, 1.165) is 19.3 Å². The first kappa shape index (κ1) is 47.7. The molecule has 4 N–H and O–H groups in total. The minimum Gasteiger partial charge on any atom is -0.453 e. The van der Waals surface area contributed by atoms with Gasteiger partial charge in [0.25, 0.3) is 5.92 Å². The first-order valence-corrected chi connectivity index (χ1v) is 23.3. The minimum absolute atomic E-state index is 0.0176. The van der Waals surface area contributed by atoms with E-state index in [9.17, 15) is 24.4 Å². The normalized spacial score (nSPS) is 21.9. The van der Waals surface area contributed by atoms with E-state index in [2.05, 4.69) is 38.9 Å². The summed E-state index contributed by atoms with van der Waals surface area (Å²) in [5, 5.41) is 17.7. The van der Waals surface area contributed by atoms with Gasteiger partial charge in [0.05, 0.1) is 55.3 Å². The molecule has 0 radical (unpaired) electrons. The molecule has 68 heavy (non-hydrogen) atoms. The smallest absolute Gasteiger partial charge is 0.407 e. The van der Waals surface area contributed by atoms with Crippen molar-refractivity contribution in [2.45, 2.75) is 109 Å². The largest absolute Gasteiger partial charge is 0.453 e. The fourth-order valence-electron chi connectivity index (χ4n) is 10.4. The lowest BCUT2D eigenvalue weighted by atomic mass is 9.98. The van der Waals surface area contributed by atoms with Gasteiger partial charge >= 0.3 is 12.2 Å². The molecule has 3 fully saturated rings. The van der Waals surface area contributed by atoms with Gasteiger partial charge < -0.3 is 40.2 Å². The zero-order chi connectivity index (χ0) is 48.7. The number of imidazole rings is 1. The molecule has 2 aliphatic heterocycles. The number of hydrogen-bond acceptors (Lipinski definition) is 10. The molecule has 4 aliphatic rings. The van der Waals surface area contributed by atoms with Gasteiger partial charge in [0.1, 0.15) is 17.9 Å². The second-order valence-electron chi connectivity index (χ2n) is 19.0. The lowest BCUT2D eigenvalue weighted by Gasteiger charge is -2.33. The third-order valence-corrected chi connectivity index (χ3v) is 14.3. The van der Waals surface area contributed by atoms with E-state index >= 15 is 8.78 Å². The van der Waals surface area contributed by atoms with E-state index in [1.54, 1.807) is 53.5 Å². The van der Waals surface area contributed by atoms with Crippen LogP contribution in [0.15, 0.2) is 65.8 Å². The molecule has 1 saturated carbocycles. The highest BCUT2D eigenvalue weighted by molar-refractivity contribution is 5.90. The second-order valence-corrected chi connectivity index (χ2v) is 19.0. The Bertz CT molecular complexity index is 2720. The Balaban J connectivity index is 1.02. The topological polar surface area (TPSA) is 194 Å². The number of ether oxygens (including phenoxy) is 2. The number of alkyl halides is 2. The molecule has 2 saturated heterocycles. The van der Waals surface area contributed by atoms with Crippen LogP contribution in [-0.2, 0) is 25.0 Å². The summed E-state index contributed by atoms with van der Waals surface area (Å²) in [4.78, 5) is 68.8. The Hall–Kier alpha value is -6.83. The number of carbonyl (C=O) groups is 4. The lowest BCUT2D eigenvalue weighted by Crippen LogP contribution is -2.52. The number of rotatable bonds is 14. The van der Waals surface area contributed by atoms with E-state index in [-0.39, 0.29) is 65.1 Å². The number of H-pyrrole nitrogens is 1. The van der Waals surface area contributed by atoms with Gasteiger partial charge in [-0.3, -0.25) is 14.6 Å². The third kappa shape index (κ3) is 9.00. The number of methoxy groups -OCH3 is 2. The molecule has 3 heterocycles. The molecule has 358 valence electrons. The third-order valence-electron chi connectivity index (χ3n) is 14.3. The number of halogens is 2. The first-order valence-electron chi connectivity index (χ1n) is 23.3. The lowest BCUT2D eigenvalue weighted by molar-refractivity contribution is -0.137. The summed E-state index contributed by atoms with van der Waals surface area (Å²) in [7, 11) is 4.19. The maximum atomic E-state index is 16.7. The Morgan fingerprint density at radius 2 is 1.66 bits per heavy atom. The van der Waals surface area contributed by atoms with Gasteiger partial charge in [-0.25, -0.2) is 14.6 Å². The maximum absolute atomic E-state index is 16.7. The van der Waals surface area contributed by atoms with Crippen LogP contribution in [-0.4, -0.2) is 102 Å². The number of nitriles is 1. The van der Waals surface area contributed by atoms with Gasteiger partial charge in [0.2, 0.25) is 11.8 Å². The minimum atomic E-state index is -3.31. The molecule has 0 bridgehead atoms. The molecule has 1 spiro atoms. The van der Waals surface area contributed by atoms with Gasteiger partial charge in [-0.05, 0) is 108 Å². The molecule has 1 aromatic heterocycles. The van der Waals surface area contributed by atoms with Gasteiger partial charge in [0, 0.05) is 43.4 Å². The van der Waals surface area contributed by atoms with Crippen molar-refractivity contribution in [1.29, 1.82) is 5.26 Å². The van der Waals surface area contributed by atoms with Crippen molar-refractivity contribution in [1.82, 2.24) is 35.7 Å². The molecule has 0 unspecified atom stereocenters. The standard InChI is InChI=1S/C51H59F2N9O6/c1-8-33-20-29(4)44(62(33)46(63)40(10-9-19-54)59-48(65)67-6)45-57-39-16-13-31(23-41(39)58-45)30-11-14-35-36-15-12-32(22-38(36)51(52,53)37(35)21-30)42(55-5)26-56-25-34-24-50(17-18-50)27-61(34)47(64)43(28(2)3)60-49(66)68-7/h11-16,21-23,25-26,28-29,33-34,40,43-44,55H,8-10,17-18,20,24,27H2,1-7H3,(H,57,58)(H,59,65)(H,60,66)/b42-26-,56-25?/t29-,33+,34-,40-,43+,44-/m0/s1. The predicted molar refractivity (Wildman–Crippen MR) is 253 cm³/mol. The van der Waals surface area contributed by atoms with Gasteiger partial charge in [-0.2, -0.15) is 14.0 Å². The highest BCUT2D eigenvalue weighted by Gasteiger charge is 2.54. The number of likely N-dealkylation sites (tertiary alicyclic amines) is 2. The van der Waals surface area contributed by atoms with Crippen molar-refractivity contribution in [2.24, 2.45) is 22.2 Å². The number of aromatic nitrogens is 2. The molecule has 17 heteroatoms. The van der Waals surface area contributed by atoms with Crippen LogP contribution in [0.3, 0.4) is 0 Å². The number of nitrogens with one attached hydrogen (secondary N) is 4. The van der Waals surface area contributed by atoms with Gasteiger partial charge in [0.15, 0.2) is 0 Å². The van der Waals surface area contributed by atoms with E-state index in [4.69, 9.17) is 14.5 Å². The number of carbonyl (C=O) groups excluding carboxylic acids is 4. The Kier molecular flexibility index (Phi) is 13.3. The van der Waals surface area contributed by atoms with Crippen LogP contribution < -0.4 is 16.0 Å². The quantitative estimate of drug-likeness (QED) is 0.0899. The molecule has 8 rings (SSSR count). The van der Waals surface area contributed by atoms with Crippen LogP contribution in [0.1, 0.15) is 101 Å². The van der Waals surface area contributed by atoms with Crippen LogP contribution in [0.5, 0.6) is 0 Å². The van der Waals surface area contributed by atoms with Crippen molar-refractivity contribution in [3.63, 3.8) is 0 Å². The number of aromatic amines is 1. The molecule has 3 aromatic carbocycles. The Morgan fingerprint density at radius 3 is 2.32 bits per heavy atom. The highest BCUT2D eigenvalue weighted by atomic mass is 19.3. The van der Waals surface area contributed by atoms with Crippen molar-refractivity contribution >= 4 is 46.9 Å². The zero-order valence-electron chi connectivity index (χ0n) is 39.5. The number of benzene rings is 3. The van der Waals surface area contributed by atoms with Crippen molar-refractivity contribution < 1.29 is 37.4 Å². The van der Waals surface area contributed by atoms with Crippen molar-refractivity contribution in [3.8, 4) is 28.3 Å². The molecule has 15 nitrogen and oxygen atoms in total. The first-order chi connectivity index (χ1) is 32.6. The van der Waals surface area contributed by atoms with Crippen LogP contribution in [0, 0.1) is 28.6 Å². The van der Waals surface area contributed by atoms with E-state index in [0.29, 0.717) is 69.8 Å². The summed E-state index contributed by atoms with van der Waals surface area (Å²) >= 11 is 0. The van der Waals surface area contributed by atoms with E-state index in [1.165, 1.54) is 20.3 Å². The number of hydrogen-bond donors (Lipinski definition) is 4. The summed E-state index contributed by atoms with van der Waals surface area (Å²) in [6, 6.07) is 15.2. The van der Waals surface area contributed by atoms with E-state index < -0.39 is 36.2 Å². The molecule has 4 amide bonds. The summed E-state index contributed by atoms with van der Waals surface area (Å²) < 4.78 is 42.9. The Morgan fingerprint density at radius 1 is 0.985 bits per heavy atom. The summed E-state index contributed by atoms with van der Waals surface area (Å²) in [5.41, 5.74) is 4.38. The number of amides is 4. The van der Waals surface area contributed by atoms with Crippen molar-refractivity contribution in [3.05, 3.63) is 83.3 Å². The average Bonchev–Trinajstić information content (AvgIpc) is 3.55. The highest BCUT2D eigenvalue weighted by Crippen LogP contribution is 2.55. The molecular weight excluding hydrogens is 873 g/mol. The van der Waals surface area contributed by atoms with Gasteiger partial charge in [-0.1, -0.05) is 58.0 Å². The molecular formula is C51H59F2N9O6. The van der Waals surface area contributed by atoms with Crippen molar-refractivity contribution in [2.75, 3.05) is 27.8 Å². The number of fused-ring (bicyclic) bond motifs is 4. The summed E-state index contributed by atoms with van der Waals surface area (Å²) in [5.74, 6) is -3.39. The number of nitrogens with zero attached hydrogens (tertiary/aromatic N) is 5. The molecule has 6 atom stereocenters. The average molecular weight is 932 g/mol. The monoisotopic (exact) mass is 931 g/mol. The predicted octanol–water partition coefficient (Wildman–Crippen LogP) is 8.42. The molecule has 2 aliphatic carbocycles. The fourth-order valence-corrected chi connectivity index (χ4v) is 10.4. The number of alkyl carbamates (subject to hydrolysis) is 2. The van der Waals surface area contributed by atoms with E-state index in [1.807, 2.05) is 45.0 Å².